The summed E-state index contributed by atoms with van der Waals surface area (Å²) in [5, 5.41) is 0. The second-order valence-electron chi connectivity index (χ2n) is 37.1. The molecule has 0 fully saturated rings. The first-order chi connectivity index (χ1) is 62.6. The molecular formula is C112H194CaO14S2. The second-order valence-corrected chi connectivity index (χ2v) is 39.9. The number of rotatable bonds is 94. The minimum absolute atomic E-state index is 0. The summed E-state index contributed by atoms with van der Waals surface area (Å²) in [7, 11) is -9.68. The van der Waals surface area contributed by atoms with Crippen molar-refractivity contribution in [3.05, 3.63) is 107 Å². The van der Waals surface area contributed by atoms with Gasteiger partial charge in [-0.1, -0.05) is 513 Å². The zero-order valence-corrected chi connectivity index (χ0v) is 87.6. The standard InChI is InChI=1S/2C56H98O7S.Ca/c2*1-3-5-7-9-11-13-15-17-19-21-23-25-27-29-31-33-35-37-39-41-43-45-49-62-55(57)53-48-47-52(64(59,60)61)51-54(53)56(58)63-50-46-44-42-40-38-36-34-32-30-28-26-24-22-20-18-16-14-12-10-8-6-4-2;/h2*41-44,47-48,51H,3-40,45-46,49-50H2,1-2H3,(H,59,60,61);/q;;+2/p-2/b2*43-41+,44-42+;. The SMILES string of the molecule is CCCCCCCCCCCCCCCCCCCC/C=C/CCOC(=O)c1ccc(S(=O)(=O)[O-])cc1C(=O)OCC/C=C/CCCCCCCCCCCCCCCCCCCC.CCCCCCCCCCCCCCCCCCCC/C=C/CCOC(=O)c1ccc(S(=O)(=O)[O-])cc1C(=O)OCC/C=C/CCCCCCCCCCCCCCCCCCCC.[Ca+2]. The number of hydrogen-bond donors (Lipinski definition) is 0. The zero-order chi connectivity index (χ0) is 92.9. The van der Waals surface area contributed by atoms with Crippen molar-refractivity contribution in [3.8, 4) is 0 Å². The second kappa shape index (κ2) is 96.1. The molecular weight excluding hydrogens is 1670 g/mol. The molecule has 740 valence electrons. The van der Waals surface area contributed by atoms with Gasteiger partial charge in [0.25, 0.3) is 0 Å². The van der Waals surface area contributed by atoms with E-state index in [0.29, 0.717) is 25.7 Å². The molecule has 0 N–H and O–H groups in total. The number of hydrogen-bond acceptors (Lipinski definition) is 14. The van der Waals surface area contributed by atoms with Crippen molar-refractivity contribution in [1.82, 2.24) is 0 Å². The van der Waals surface area contributed by atoms with Crippen molar-refractivity contribution in [2.45, 2.75) is 551 Å². The first-order valence-corrected chi connectivity index (χ1v) is 56.9. The maximum Gasteiger partial charge on any atom is 2.00 e. The molecule has 0 bridgehead atoms. The van der Waals surface area contributed by atoms with Crippen molar-refractivity contribution < 1.29 is 64.1 Å². The van der Waals surface area contributed by atoms with Gasteiger partial charge in [-0.3, -0.25) is 0 Å². The Morgan fingerprint density at radius 2 is 0.341 bits per heavy atom. The number of carbonyl (C=O) groups excluding carboxylic acids is 4. The molecule has 2 rings (SSSR count). The number of esters is 4. The minimum atomic E-state index is -4.84. The van der Waals surface area contributed by atoms with Crippen LogP contribution in [0.5, 0.6) is 0 Å². The van der Waals surface area contributed by atoms with E-state index in [2.05, 4.69) is 52.0 Å². The first-order valence-electron chi connectivity index (χ1n) is 54.1. The summed E-state index contributed by atoms with van der Waals surface area (Å²) >= 11 is 0. The fraction of sp³-hybridized carbons (Fsp3) is 0.786. The molecule has 0 aliphatic heterocycles. The van der Waals surface area contributed by atoms with Gasteiger partial charge in [-0.05, 0) is 113 Å². The van der Waals surface area contributed by atoms with Crippen molar-refractivity contribution >= 4 is 81.9 Å². The average Bonchev–Trinajstić information content (AvgIpc) is 0.812. The summed E-state index contributed by atoms with van der Waals surface area (Å²) in [5.41, 5.74) is -0.807. The van der Waals surface area contributed by atoms with Crippen LogP contribution >= 0.6 is 0 Å². The molecule has 0 unspecified atom stereocenters. The summed E-state index contributed by atoms with van der Waals surface area (Å²) in [5.74, 6) is -3.25. The molecule has 14 nitrogen and oxygen atoms in total. The monoisotopic (exact) mass is 1870 g/mol. The quantitative estimate of drug-likeness (QED) is 0.0150. The fourth-order valence-electron chi connectivity index (χ4n) is 16.8. The van der Waals surface area contributed by atoms with Crippen LogP contribution in [-0.2, 0) is 39.2 Å². The third-order valence-electron chi connectivity index (χ3n) is 25.1. The van der Waals surface area contributed by atoms with Crippen LogP contribution in [-0.4, -0.2) is 114 Å². The van der Waals surface area contributed by atoms with Gasteiger partial charge in [0.1, 0.15) is 20.2 Å². The van der Waals surface area contributed by atoms with Crippen LogP contribution in [0, 0.1) is 0 Å². The molecule has 0 aliphatic rings. The maximum absolute atomic E-state index is 13.0. The number of ether oxygens (including phenoxy) is 4. The van der Waals surface area contributed by atoms with Crippen molar-refractivity contribution in [3.63, 3.8) is 0 Å². The Balaban J connectivity index is 0.00000252. The topological polar surface area (TPSA) is 220 Å². The predicted molar refractivity (Wildman–Crippen MR) is 544 cm³/mol. The number of allylic oxidation sites excluding steroid dienone is 4. The fourth-order valence-corrected chi connectivity index (χ4v) is 17.8. The Labute approximate surface area is 824 Å². The molecule has 2 aromatic carbocycles. The van der Waals surface area contributed by atoms with Crippen molar-refractivity contribution in [1.29, 1.82) is 0 Å². The van der Waals surface area contributed by atoms with Crippen LogP contribution in [0.1, 0.15) is 583 Å². The van der Waals surface area contributed by atoms with E-state index in [1.165, 1.54) is 437 Å². The molecule has 0 aliphatic carbocycles. The van der Waals surface area contributed by atoms with Gasteiger partial charge in [0.05, 0.1) is 58.5 Å². The minimum Gasteiger partial charge on any atom is -0.744 e. The number of benzene rings is 2. The summed E-state index contributed by atoms with van der Waals surface area (Å²) in [6.07, 6.45) is 120. The third-order valence-corrected chi connectivity index (χ3v) is 26.7. The van der Waals surface area contributed by atoms with Crippen molar-refractivity contribution in [2.75, 3.05) is 26.4 Å². The Bertz CT molecular complexity index is 3020. The van der Waals surface area contributed by atoms with E-state index in [0.717, 1.165) is 87.8 Å². The molecule has 0 atom stereocenters. The van der Waals surface area contributed by atoms with Crippen LogP contribution < -0.4 is 0 Å². The molecule has 17 heteroatoms. The van der Waals surface area contributed by atoms with E-state index in [-0.39, 0.29) is 86.4 Å². The summed E-state index contributed by atoms with van der Waals surface area (Å²) < 4.78 is 91.8. The molecule has 0 saturated heterocycles. The molecule has 0 radical (unpaired) electrons. The zero-order valence-electron chi connectivity index (χ0n) is 83.7. The number of unbranched alkanes of at least 4 members (excludes halogenated alkanes) is 72. The van der Waals surface area contributed by atoms with Gasteiger partial charge in [-0.2, -0.15) is 0 Å². The summed E-state index contributed by atoms with van der Waals surface area (Å²) in [6.45, 7) is 9.49. The van der Waals surface area contributed by atoms with Crippen LogP contribution in [0.15, 0.2) is 94.8 Å². The van der Waals surface area contributed by atoms with Gasteiger partial charge >= 0.3 is 61.6 Å². The van der Waals surface area contributed by atoms with Gasteiger partial charge in [0.2, 0.25) is 0 Å². The van der Waals surface area contributed by atoms with Gasteiger partial charge in [0, 0.05) is 0 Å². The van der Waals surface area contributed by atoms with Crippen LogP contribution in [0.2, 0.25) is 0 Å². The Kier molecular flexibility index (Phi) is 93.3. The largest absolute Gasteiger partial charge is 2.00 e. The molecule has 2 aromatic rings. The Morgan fingerprint density at radius 3 is 0.488 bits per heavy atom. The van der Waals surface area contributed by atoms with E-state index in [1.807, 2.05) is 24.3 Å². The smallest absolute Gasteiger partial charge is 0.744 e. The van der Waals surface area contributed by atoms with E-state index >= 15 is 0 Å². The molecule has 129 heavy (non-hydrogen) atoms. The van der Waals surface area contributed by atoms with Crippen molar-refractivity contribution in [2.24, 2.45) is 0 Å². The predicted octanol–water partition coefficient (Wildman–Crippen LogP) is 34.9. The first kappa shape index (κ1) is 125. The average molecular weight is 1870 g/mol. The van der Waals surface area contributed by atoms with Gasteiger partial charge in [-0.25, -0.2) is 36.0 Å². The maximum atomic E-state index is 13.0. The van der Waals surface area contributed by atoms with Gasteiger partial charge < -0.3 is 28.1 Å². The van der Waals surface area contributed by atoms with E-state index < -0.39 is 53.9 Å². The summed E-state index contributed by atoms with van der Waals surface area (Å²) in [6, 6.07) is 6.18. The molecule has 0 spiro atoms. The van der Waals surface area contributed by atoms with E-state index in [9.17, 15) is 45.1 Å². The normalized spacial score (nSPS) is 11.8. The third kappa shape index (κ3) is 82.4. The van der Waals surface area contributed by atoms with Gasteiger partial charge in [0.15, 0.2) is 0 Å². The summed E-state index contributed by atoms with van der Waals surface area (Å²) in [4.78, 5) is 50.6. The molecule has 0 saturated carbocycles. The van der Waals surface area contributed by atoms with E-state index in [4.69, 9.17) is 18.9 Å². The van der Waals surface area contributed by atoms with E-state index in [1.54, 1.807) is 0 Å². The van der Waals surface area contributed by atoms with Gasteiger partial charge in [-0.15, -0.1) is 0 Å². The Hall–Kier alpha value is -3.64. The molecule has 0 heterocycles. The number of carbonyl (C=O) groups is 4. The van der Waals surface area contributed by atoms with Crippen LogP contribution in [0.25, 0.3) is 0 Å². The van der Waals surface area contributed by atoms with Crippen LogP contribution in [0.4, 0.5) is 0 Å². The Morgan fingerprint density at radius 1 is 0.209 bits per heavy atom. The van der Waals surface area contributed by atoms with Crippen LogP contribution in [0.3, 0.4) is 0 Å². The molecule has 0 aromatic heterocycles. The molecule has 0 amide bonds.